The molecule has 0 N–H and O–H groups in total. The van der Waals surface area contributed by atoms with E-state index in [-0.39, 0.29) is 0 Å². The van der Waals surface area contributed by atoms with E-state index in [2.05, 4.69) is 36.8 Å². The summed E-state index contributed by atoms with van der Waals surface area (Å²) in [4.78, 5) is 10.0. The number of nitrogens with zero attached hydrogens (tertiary/aromatic N) is 2. The Morgan fingerprint density at radius 3 is 2.75 bits per heavy atom. The normalized spacial score (nSPS) is 11.0. The van der Waals surface area contributed by atoms with Gasteiger partial charge in [-0.3, -0.25) is 4.98 Å². The van der Waals surface area contributed by atoms with Gasteiger partial charge in [0.2, 0.25) is 0 Å². The van der Waals surface area contributed by atoms with Crippen LogP contribution in [-0.4, -0.2) is 9.97 Å². The van der Waals surface area contributed by atoms with Crippen LogP contribution in [-0.2, 0) is 6.42 Å². The highest BCUT2D eigenvalue weighted by atomic mass is 32.1. The van der Waals surface area contributed by atoms with Crippen LogP contribution in [0, 0.1) is 0 Å². The van der Waals surface area contributed by atoms with Crippen LogP contribution in [0.4, 0.5) is 0 Å². The number of aryl methyl sites for hydroxylation is 1. The third kappa shape index (κ3) is 2.14. The first-order chi connectivity index (χ1) is 7.72. The van der Waals surface area contributed by atoms with E-state index in [0.717, 1.165) is 11.4 Å². The van der Waals surface area contributed by atoms with Gasteiger partial charge < -0.3 is 0 Å². The lowest BCUT2D eigenvalue weighted by Crippen LogP contribution is -1.87. The Balaban J connectivity index is 2.42. The largest absolute Gasteiger partial charge is 0.264 e. The number of pyridine rings is 1. The van der Waals surface area contributed by atoms with Gasteiger partial charge in [-0.15, -0.1) is 11.3 Å². The molecule has 2 nitrogen and oxygen atoms in total. The predicted octanol–water partition coefficient (Wildman–Crippen LogP) is 3.89. The summed E-state index contributed by atoms with van der Waals surface area (Å²) in [6, 6.07) is 2.06. The molecule has 84 valence electrons. The average molecular weight is 232 g/mol. The van der Waals surface area contributed by atoms with Gasteiger partial charge >= 0.3 is 0 Å². The standard InChI is InChI=1S/C13H16N2S/c1-4-10-7-14-6-5-11(10)13-15-8-12(16-13)9(2)3/h5-9H,4H2,1-3H3. The monoisotopic (exact) mass is 232 g/mol. The van der Waals surface area contributed by atoms with E-state index in [0.29, 0.717) is 5.92 Å². The first-order valence-corrected chi connectivity index (χ1v) is 6.43. The SMILES string of the molecule is CCc1cnccc1-c1ncc(C(C)C)s1. The molecule has 0 saturated heterocycles. The molecule has 2 rings (SSSR count). The summed E-state index contributed by atoms with van der Waals surface area (Å²) >= 11 is 1.78. The Kier molecular flexibility index (Phi) is 3.34. The van der Waals surface area contributed by atoms with Gasteiger partial charge in [-0.05, 0) is 24.0 Å². The predicted molar refractivity (Wildman–Crippen MR) is 68.8 cm³/mol. The van der Waals surface area contributed by atoms with Crippen LogP contribution in [0.3, 0.4) is 0 Å². The second-order valence-electron chi connectivity index (χ2n) is 4.11. The van der Waals surface area contributed by atoms with Gasteiger partial charge in [-0.2, -0.15) is 0 Å². The molecule has 0 radical (unpaired) electrons. The molecule has 0 spiro atoms. The summed E-state index contributed by atoms with van der Waals surface area (Å²) < 4.78 is 0. The molecular weight excluding hydrogens is 216 g/mol. The van der Waals surface area contributed by atoms with Gasteiger partial charge in [0, 0.05) is 29.0 Å². The molecule has 0 aromatic carbocycles. The van der Waals surface area contributed by atoms with Gasteiger partial charge in [0.15, 0.2) is 0 Å². The van der Waals surface area contributed by atoms with Crippen LogP contribution < -0.4 is 0 Å². The van der Waals surface area contributed by atoms with E-state index >= 15 is 0 Å². The van der Waals surface area contributed by atoms with E-state index in [1.165, 1.54) is 16.0 Å². The van der Waals surface area contributed by atoms with E-state index < -0.39 is 0 Å². The van der Waals surface area contributed by atoms with Crippen molar-refractivity contribution in [2.24, 2.45) is 0 Å². The third-order valence-corrected chi connectivity index (χ3v) is 3.94. The molecule has 2 heterocycles. The van der Waals surface area contributed by atoms with Crippen molar-refractivity contribution in [1.82, 2.24) is 9.97 Å². The fourth-order valence-corrected chi connectivity index (χ4v) is 2.57. The van der Waals surface area contributed by atoms with Crippen molar-refractivity contribution in [3.8, 4) is 10.6 Å². The Bertz CT molecular complexity index is 474. The molecule has 2 aromatic heterocycles. The molecule has 0 aliphatic rings. The van der Waals surface area contributed by atoms with Crippen molar-refractivity contribution in [2.75, 3.05) is 0 Å². The molecule has 0 saturated carbocycles. The van der Waals surface area contributed by atoms with Crippen LogP contribution in [0.1, 0.15) is 37.1 Å². The second kappa shape index (κ2) is 4.74. The fraction of sp³-hybridized carbons (Fsp3) is 0.385. The highest BCUT2D eigenvalue weighted by molar-refractivity contribution is 7.15. The fourth-order valence-electron chi connectivity index (χ4n) is 1.60. The van der Waals surface area contributed by atoms with E-state index in [1.807, 2.05) is 18.6 Å². The van der Waals surface area contributed by atoms with Gasteiger partial charge in [0.25, 0.3) is 0 Å². The molecule has 0 bridgehead atoms. The zero-order valence-corrected chi connectivity index (χ0v) is 10.7. The maximum Gasteiger partial charge on any atom is 0.123 e. The maximum absolute atomic E-state index is 4.51. The number of rotatable bonds is 3. The first kappa shape index (κ1) is 11.3. The minimum absolute atomic E-state index is 0.554. The zero-order chi connectivity index (χ0) is 11.5. The van der Waals surface area contributed by atoms with Crippen molar-refractivity contribution >= 4 is 11.3 Å². The summed E-state index contributed by atoms with van der Waals surface area (Å²) in [5.74, 6) is 0.554. The van der Waals surface area contributed by atoms with Gasteiger partial charge in [0.1, 0.15) is 5.01 Å². The van der Waals surface area contributed by atoms with Crippen LogP contribution in [0.15, 0.2) is 24.7 Å². The summed E-state index contributed by atoms with van der Waals surface area (Å²) in [5, 5.41) is 1.11. The van der Waals surface area contributed by atoms with Gasteiger partial charge in [-0.25, -0.2) is 4.98 Å². The topological polar surface area (TPSA) is 25.8 Å². The molecular formula is C13H16N2S. The number of hydrogen-bond acceptors (Lipinski definition) is 3. The molecule has 0 atom stereocenters. The first-order valence-electron chi connectivity index (χ1n) is 5.61. The number of aromatic nitrogens is 2. The lowest BCUT2D eigenvalue weighted by molar-refractivity contribution is 0.885. The number of hydrogen-bond donors (Lipinski definition) is 0. The lowest BCUT2D eigenvalue weighted by Gasteiger charge is -2.03. The smallest absolute Gasteiger partial charge is 0.123 e. The molecule has 3 heteroatoms. The minimum atomic E-state index is 0.554. The maximum atomic E-state index is 4.51. The van der Waals surface area contributed by atoms with E-state index in [9.17, 15) is 0 Å². The third-order valence-electron chi connectivity index (χ3n) is 2.61. The molecule has 0 unspecified atom stereocenters. The van der Waals surface area contributed by atoms with Crippen LogP contribution in [0.5, 0.6) is 0 Å². The van der Waals surface area contributed by atoms with E-state index in [1.54, 1.807) is 11.3 Å². The summed E-state index contributed by atoms with van der Waals surface area (Å²) in [6.07, 6.45) is 6.76. The van der Waals surface area contributed by atoms with Crippen LogP contribution in [0.25, 0.3) is 10.6 Å². The minimum Gasteiger partial charge on any atom is -0.264 e. The highest BCUT2D eigenvalue weighted by Crippen LogP contribution is 2.31. The molecule has 0 fully saturated rings. The Morgan fingerprint density at radius 1 is 1.31 bits per heavy atom. The van der Waals surface area contributed by atoms with E-state index in [4.69, 9.17) is 0 Å². The van der Waals surface area contributed by atoms with Gasteiger partial charge in [0.05, 0.1) is 0 Å². The number of thiazole rings is 1. The Hall–Kier alpha value is -1.22. The van der Waals surface area contributed by atoms with Crippen molar-refractivity contribution in [1.29, 1.82) is 0 Å². The van der Waals surface area contributed by atoms with Crippen molar-refractivity contribution in [3.63, 3.8) is 0 Å². The van der Waals surface area contributed by atoms with Crippen molar-refractivity contribution in [2.45, 2.75) is 33.1 Å². The van der Waals surface area contributed by atoms with Crippen molar-refractivity contribution < 1.29 is 0 Å². The highest BCUT2D eigenvalue weighted by Gasteiger charge is 2.10. The summed E-state index contributed by atoms with van der Waals surface area (Å²) in [7, 11) is 0. The summed E-state index contributed by atoms with van der Waals surface area (Å²) in [5.41, 5.74) is 2.50. The molecule has 0 amide bonds. The van der Waals surface area contributed by atoms with Crippen molar-refractivity contribution in [3.05, 3.63) is 35.1 Å². The molecule has 0 aliphatic carbocycles. The second-order valence-corrected chi connectivity index (χ2v) is 5.17. The Morgan fingerprint density at radius 2 is 2.12 bits per heavy atom. The van der Waals surface area contributed by atoms with Gasteiger partial charge in [-0.1, -0.05) is 20.8 Å². The lowest BCUT2D eigenvalue weighted by atomic mass is 10.1. The quantitative estimate of drug-likeness (QED) is 0.802. The molecule has 0 aliphatic heterocycles. The van der Waals surface area contributed by atoms with Crippen LogP contribution >= 0.6 is 11.3 Å². The molecule has 16 heavy (non-hydrogen) atoms. The Labute approximate surface area is 100 Å². The zero-order valence-electron chi connectivity index (χ0n) is 9.90. The van der Waals surface area contributed by atoms with Crippen LogP contribution in [0.2, 0.25) is 0 Å². The molecule has 2 aromatic rings. The summed E-state index contributed by atoms with van der Waals surface area (Å²) in [6.45, 7) is 6.55. The average Bonchev–Trinajstić information content (AvgIpc) is 2.78.